The lowest BCUT2D eigenvalue weighted by molar-refractivity contribution is -0.752. The minimum Gasteiger partial charge on any atom is -0.387 e. The number of anilines is 1. The number of aromatic amines is 1. The predicted molar refractivity (Wildman–Crippen MR) is 59.3 cm³/mol. The maximum absolute atomic E-state index is 10.6. The number of nitrogens with two attached hydrogens (primary N) is 1. The number of nitrogens with one attached hydrogen (secondary N) is 1. The van der Waals surface area contributed by atoms with Gasteiger partial charge in [0, 0.05) is 0 Å². The van der Waals surface area contributed by atoms with Gasteiger partial charge < -0.3 is 30.5 Å². The van der Waals surface area contributed by atoms with Gasteiger partial charge in [-0.25, -0.2) is 9.13 Å². The molecule has 19 heavy (non-hydrogen) atoms. The van der Waals surface area contributed by atoms with E-state index < -0.39 is 39.0 Å². The summed E-state index contributed by atoms with van der Waals surface area (Å²) in [6.07, 6.45) is -1.79. The van der Waals surface area contributed by atoms with Crippen LogP contribution in [0.15, 0.2) is 12.5 Å². The summed E-state index contributed by atoms with van der Waals surface area (Å²) in [5, 5.41) is 19.6. The average Bonchev–Trinajstić information content (AvgIpc) is 2.83. The van der Waals surface area contributed by atoms with Gasteiger partial charge in [-0.05, 0) is 0 Å². The Morgan fingerprint density at radius 2 is 2.16 bits per heavy atom. The van der Waals surface area contributed by atoms with Gasteiger partial charge in [-0.3, -0.25) is 9.51 Å². The molecule has 0 bridgehead atoms. The van der Waals surface area contributed by atoms with E-state index in [0.29, 0.717) is 0 Å². The molecule has 0 aliphatic carbocycles. The molecule has 0 spiro atoms. The highest BCUT2D eigenvalue weighted by Crippen LogP contribution is 2.37. The van der Waals surface area contributed by atoms with Gasteiger partial charge in [0.1, 0.15) is 24.5 Å². The van der Waals surface area contributed by atoms with Crippen LogP contribution in [0.2, 0.25) is 0 Å². The molecule has 1 fully saturated rings. The molecule has 1 aliphatic rings. The number of phosphoric ester groups is 1. The smallest absolute Gasteiger partial charge is 0.387 e. The number of imidazole rings is 1. The first-order chi connectivity index (χ1) is 8.79. The largest absolute Gasteiger partial charge is 0.469 e. The van der Waals surface area contributed by atoms with Crippen molar-refractivity contribution in [3.63, 3.8) is 0 Å². The number of aromatic nitrogens is 2. The lowest BCUT2D eigenvalue weighted by atomic mass is 10.1. The molecule has 1 unspecified atom stereocenters. The highest BCUT2D eigenvalue weighted by molar-refractivity contribution is 7.46. The zero-order chi connectivity index (χ0) is 14.2. The molecule has 11 heteroatoms. The number of ether oxygens (including phenoxy) is 1. The van der Waals surface area contributed by atoms with Crippen molar-refractivity contribution < 1.29 is 38.4 Å². The first-order valence-electron chi connectivity index (χ1n) is 5.34. The Labute approximate surface area is 107 Å². The molecular formula is C8H15N3O7P+. The molecule has 0 aromatic carbocycles. The lowest BCUT2D eigenvalue weighted by Crippen LogP contribution is -2.46. The zero-order valence-electron chi connectivity index (χ0n) is 9.66. The number of hydrogen-bond donors (Lipinski definition) is 6. The number of aliphatic hydroxyl groups excluding tert-OH is 2. The van der Waals surface area contributed by atoms with Crippen molar-refractivity contribution in [3.05, 3.63) is 12.5 Å². The molecule has 4 atom stereocenters. The summed E-state index contributed by atoms with van der Waals surface area (Å²) in [4.78, 5) is 19.9. The average molecular weight is 296 g/mol. The van der Waals surface area contributed by atoms with Gasteiger partial charge in [0.2, 0.25) is 6.23 Å². The molecule has 0 saturated carbocycles. The Bertz CT molecular complexity index is 488. The standard InChI is InChI=1S/C8H14N3O7P/c9-5-1-10-3-11(5)8-7(13)6(12)4(18-8)2-17-19(14,15)16/h1,3-4,6-8,12-13H,2,9H2,(H2,14,15,16)/p+1/t4-,6-,7-,8?/m1/s1. The Morgan fingerprint density at radius 3 is 2.68 bits per heavy atom. The SMILES string of the molecule is Nc1c[nH]c[n+]1C1O[C@H](COP(=O)(O)O)[C@@H](O)[C@H]1O. The molecule has 0 amide bonds. The molecule has 2 rings (SSSR count). The van der Waals surface area contributed by atoms with Crippen molar-refractivity contribution in [1.82, 2.24) is 4.98 Å². The van der Waals surface area contributed by atoms with Gasteiger partial charge in [0.15, 0.2) is 6.33 Å². The Kier molecular flexibility index (Phi) is 3.92. The lowest BCUT2D eigenvalue weighted by Gasteiger charge is -2.14. The molecular weight excluding hydrogens is 281 g/mol. The number of rotatable bonds is 4. The van der Waals surface area contributed by atoms with Crippen LogP contribution in [-0.2, 0) is 13.8 Å². The van der Waals surface area contributed by atoms with Gasteiger partial charge in [0.25, 0.3) is 5.82 Å². The summed E-state index contributed by atoms with van der Waals surface area (Å²) in [7, 11) is -4.66. The molecule has 2 heterocycles. The van der Waals surface area contributed by atoms with E-state index in [1.807, 2.05) is 0 Å². The Balaban J connectivity index is 2.07. The number of H-pyrrole nitrogens is 1. The van der Waals surface area contributed by atoms with Crippen LogP contribution in [0.1, 0.15) is 6.23 Å². The normalized spacial score (nSPS) is 31.8. The number of phosphoric acid groups is 1. The van der Waals surface area contributed by atoms with E-state index in [0.717, 1.165) is 0 Å². The molecule has 10 nitrogen and oxygen atoms in total. The molecule has 0 radical (unpaired) electrons. The van der Waals surface area contributed by atoms with Gasteiger partial charge in [0.05, 0.1) is 6.61 Å². The van der Waals surface area contributed by atoms with E-state index >= 15 is 0 Å². The summed E-state index contributed by atoms with van der Waals surface area (Å²) < 4.78 is 21.5. The maximum atomic E-state index is 10.6. The van der Waals surface area contributed by atoms with Crippen LogP contribution in [0.3, 0.4) is 0 Å². The molecule has 108 valence electrons. The summed E-state index contributed by atoms with van der Waals surface area (Å²) in [6.45, 7) is -0.552. The quantitative estimate of drug-likeness (QED) is 0.265. The minimum atomic E-state index is -4.66. The van der Waals surface area contributed by atoms with Crippen LogP contribution < -0.4 is 10.3 Å². The van der Waals surface area contributed by atoms with E-state index in [1.165, 1.54) is 17.1 Å². The first kappa shape index (κ1) is 14.4. The second-order valence-electron chi connectivity index (χ2n) is 4.10. The summed E-state index contributed by atoms with van der Waals surface area (Å²) in [5.41, 5.74) is 5.62. The maximum Gasteiger partial charge on any atom is 0.469 e. The Morgan fingerprint density at radius 1 is 1.47 bits per heavy atom. The van der Waals surface area contributed by atoms with Crippen LogP contribution in [0.4, 0.5) is 5.82 Å². The van der Waals surface area contributed by atoms with Crippen molar-refractivity contribution in [2.75, 3.05) is 12.3 Å². The number of hydrogen-bond acceptors (Lipinski definition) is 6. The third-order valence-corrected chi connectivity index (χ3v) is 3.25. The van der Waals surface area contributed by atoms with E-state index in [1.54, 1.807) is 0 Å². The van der Waals surface area contributed by atoms with Crippen molar-refractivity contribution in [2.24, 2.45) is 0 Å². The second kappa shape index (κ2) is 5.17. The summed E-state index contributed by atoms with van der Waals surface area (Å²) in [5.74, 6) is 0.271. The molecule has 1 saturated heterocycles. The van der Waals surface area contributed by atoms with Crippen LogP contribution in [0.5, 0.6) is 0 Å². The van der Waals surface area contributed by atoms with Gasteiger partial charge >= 0.3 is 7.82 Å². The van der Waals surface area contributed by atoms with E-state index in [2.05, 4.69) is 9.51 Å². The topological polar surface area (TPSA) is 162 Å². The van der Waals surface area contributed by atoms with Crippen LogP contribution in [-0.4, -0.2) is 49.9 Å². The van der Waals surface area contributed by atoms with Gasteiger partial charge in [-0.1, -0.05) is 0 Å². The van der Waals surface area contributed by atoms with E-state index in [4.69, 9.17) is 20.3 Å². The highest BCUT2D eigenvalue weighted by atomic mass is 31.2. The fourth-order valence-corrected chi connectivity index (χ4v) is 2.18. The van der Waals surface area contributed by atoms with Crippen molar-refractivity contribution in [2.45, 2.75) is 24.5 Å². The number of aliphatic hydroxyl groups is 2. The van der Waals surface area contributed by atoms with Crippen LogP contribution >= 0.6 is 7.82 Å². The van der Waals surface area contributed by atoms with Crippen molar-refractivity contribution in [3.8, 4) is 0 Å². The van der Waals surface area contributed by atoms with Crippen molar-refractivity contribution >= 4 is 13.6 Å². The van der Waals surface area contributed by atoms with Crippen LogP contribution in [0.25, 0.3) is 0 Å². The van der Waals surface area contributed by atoms with Gasteiger partial charge in [-0.2, -0.15) is 0 Å². The highest BCUT2D eigenvalue weighted by Gasteiger charge is 2.46. The Hall–Kier alpha value is -1.00. The molecule has 1 aromatic rings. The summed E-state index contributed by atoms with van der Waals surface area (Å²) in [6, 6.07) is 0. The number of nitrogen functional groups attached to an aromatic ring is 1. The minimum absolute atomic E-state index is 0.271. The third kappa shape index (κ3) is 3.12. The van der Waals surface area contributed by atoms with E-state index in [9.17, 15) is 14.8 Å². The monoisotopic (exact) mass is 296 g/mol. The van der Waals surface area contributed by atoms with E-state index in [-0.39, 0.29) is 5.82 Å². The fraction of sp³-hybridized carbons (Fsp3) is 0.625. The first-order valence-corrected chi connectivity index (χ1v) is 6.87. The number of nitrogens with zero attached hydrogens (tertiary/aromatic N) is 1. The zero-order valence-corrected chi connectivity index (χ0v) is 10.6. The molecule has 7 N–H and O–H groups in total. The van der Waals surface area contributed by atoms with Crippen LogP contribution in [0, 0.1) is 0 Å². The fourth-order valence-electron chi connectivity index (χ4n) is 1.84. The van der Waals surface area contributed by atoms with Crippen molar-refractivity contribution in [1.29, 1.82) is 0 Å². The van der Waals surface area contributed by atoms with Gasteiger partial charge in [-0.15, -0.1) is 0 Å². The predicted octanol–water partition coefficient (Wildman–Crippen LogP) is -2.39. The molecule has 1 aromatic heterocycles. The summed E-state index contributed by atoms with van der Waals surface area (Å²) >= 11 is 0. The molecule has 1 aliphatic heterocycles. The second-order valence-corrected chi connectivity index (χ2v) is 5.34. The third-order valence-electron chi connectivity index (χ3n) is 2.76.